The molecule has 0 saturated carbocycles. The van der Waals surface area contributed by atoms with E-state index in [1.54, 1.807) is 0 Å². The maximum absolute atomic E-state index is 5.26. The number of fused-ring (bicyclic) bond motifs is 1. The first-order chi connectivity index (χ1) is 14.7. The number of guanidine groups is 1. The zero-order valence-electron chi connectivity index (χ0n) is 18.6. The highest BCUT2D eigenvalue weighted by molar-refractivity contribution is 14.0. The average Bonchev–Trinajstić information content (AvgIpc) is 3.10. The predicted octanol–water partition coefficient (Wildman–Crippen LogP) is 4.00. The minimum absolute atomic E-state index is 0. The van der Waals surface area contributed by atoms with Crippen LogP contribution in [0.4, 0.5) is 0 Å². The lowest BCUT2D eigenvalue weighted by Crippen LogP contribution is -2.52. The van der Waals surface area contributed by atoms with Gasteiger partial charge in [-0.1, -0.05) is 47.6 Å². The van der Waals surface area contributed by atoms with Gasteiger partial charge in [0.25, 0.3) is 0 Å². The van der Waals surface area contributed by atoms with E-state index < -0.39 is 0 Å². The van der Waals surface area contributed by atoms with Crippen LogP contribution in [0.5, 0.6) is 0 Å². The van der Waals surface area contributed by atoms with Crippen molar-refractivity contribution in [1.82, 2.24) is 20.3 Å². The first kappa shape index (κ1) is 23.5. The van der Waals surface area contributed by atoms with Crippen LogP contribution in [0.1, 0.15) is 22.6 Å². The maximum atomic E-state index is 5.26. The molecule has 3 aromatic rings. The number of piperazine rings is 1. The van der Waals surface area contributed by atoms with E-state index in [9.17, 15) is 0 Å². The van der Waals surface area contributed by atoms with Gasteiger partial charge in [-0.15, -0.1) is 24.0 Å². The molecule has 1 aliphatic rings. The highest BCUT2D eigenvalue weighted by atomic mass is 127. The number of benzene rings is 2. The summed E-state index contributed by atoms with van der Waals surface area (Å²) in [5.41, 5.74) is 3.58. The first-order valence-electron chi connectivity index (χ1n) is 10.7. The molecule has 2 heterocycles. The van der Waals surface area contributed by atoms with E-state index >= 15 is 0 Å². The number of rotatable bonds is 5. The molecule has 4 rings (SSSR count). The molecular weight excluding hydrogens is 501 g/mol. The normalized spacial score (nSPS) is 15.2. The van der Waals surface area contributed by atoms with Crippen molar-refractivity contribution in [3.63, 3.8) is 0 Å². The number of hydrogen-bond donors (Lipinski definition) is 1. The van der Waals surface area contributed by atoms with Crippen LogP contribution in [0, 0.1) is 13.8 Å². The number of aliphatic imine (C=N–C) groups is 1. The van der Waals surface area contributed by atoms with Gasteiger partial charge < -0.3 is 14.7 Å². The minimum atomic E-state index is 0. The Bertz CT molecular complexity index is 999. The Balaban J connectivity index is 0.00000272. The Morgan fingerprint density at radius 1 is 1.06 bits per heavy atom. The topological polar surface area (TPSA) is 56.9 Å². The smallest absolute Gasteiger partial charge is 0.193 e. The summed E-state index contributed by atoms with van der Waals surface area (Å²) >= 11 is 0. The van der Waals surface area contributed by atoms with Crippen molar-refractivity contribution in [2.24, 2.45) is 4.99 Å². The third-order valence-electron chi connectivity index (χ3n) is 6.00. The molecule has 31 heavy (non-hydrogen) atoms. The molecular formula is C24H32IN5O. The zero-order chi connectivity index (χ0) is 20.9. The number of halogens is 1. The monoisotopic (exact) mass is 533 g/mol. The second-order valence-electron chi connectivity index (χ2n) is 7.93. The lowest BCUT2D eigenvalue weighted by atomic mass is 10.0. The van der Waals surface area contributed by atoms with E-state index in [0.29, 0.717) is 0 Å². The summed E-state index contributed by atoms with van der Waals surface area (Å²) < 4.78 is 5.26. The summed E-state index contributed by atoms with van der Waals surface area (Å²) in [6.07, 6.45) is 0.890. The number of hydrogen-bond acceptors (Lipinski definition) is 4. The van der Waals surface area contributed by atoms with Crippen molar-refractivity contribution in [2.45, 2.75) is 26.8 Å². The second kappa shape index (κ2) is 10.9. The fraction of sp³-hybridized carbons (Fsp3) is 0.417. The average molecular weight is 533 g/mol. The summed E-state index contributed by atoms with van der Waals surface area (Å²) in [6, 6.07) is 15.3. The van der Waals surface area contributed by atoms with Crippen LogP contribution in [0.15, 0.2) is 52.0 Å². The molecule has 1 N–H and O–H groups in total. The van der Waals surface area contributed by atoms with E-state index in [0.717, 1.165) is 63.1 Å². The van der Waals surface area contributed by atoms with Crippen molar-refractivity contribution in [1.29, 1.82) is 0 Å². The molecule has 0 aliphatic carbocycles. The van der Waals surface area contributed by atoms with E-state index in [4.69, 9.17) is 4.52 Å². The molecule has 2 aromatic carbocycles. The molecule has 6 nitrogen and oxygen atoms in total. The van der Waals surface area contributed by atoms with Gasteiger partial charge in [-0.2, -0.15) is 0 Å². The third kappa shape index (κ3) is 5.57. The molecule has 0 atom stereocenters. The molecule has 0 spiro atoms. The van der Waals surface area contributed by atoms with Crippen LogP contribution in [0.25, 0.3) is 10.8 Å². The molecule has 1 aliphatic heterocycles. The van der Waals surface area contributed by atoms with Crippen LogP contribution in [-0.2, 0) is 13.0 Å². The summed E-state index contributed by atoms with van der Waals surface area (Å²) in [7, 11) is 1.86. The van der Waals surface area contributed by atoms with Gasteiger partial charge in [-0.05, 0) is 36.6 Å². The Labute approximate surface area is 201 Å². The highest BCUT2D eigenvalue weighted by Gasteiger charge is 2.20. The summed E-state index contributed by atoms with van der Waals surface area (Å²) in [6.45, 7) is 9.82. The fourth-order valence-electron chi connectivity index (χ4n) is 4.28. The molecule has 0 amide bonds. The van der Waals surface area contributed by atoms with Crippen molar-refractivity contribution in [2.75, 3.05) is 39.8 Å². The van der Waals surface area contributed by atoms with Crippen molar-refractivity contribution in [3.8, 4) is 0 Å². The Kier molecular flexibility index (Phi) is 8.31. The molecule has 1 saturated heterocycles. The predicted molar refractivity (Wildman–Crippen MR) is 137 cm³/mol. The number of nitrogens with zero attached hydrogens (tertiary/aromatic N) is 4. The minimum Gasteiger partial charge on any atom is -0.361 e. The van der Waals surface area contributed by atoms with Gasteiger partial charge in [0, 0.05) is 51.9 Å². The molecule has 7 heteroatoms. The quantitative estimate of drug-likeness (QED) is 0.306. The van der Waals surface area contributed by atoms with Gasteiger partial charge in [0.05, 0.1) is 5.69 Å². The lowest BCUT2D eigenvalue weighted by Gasteiger charge is -2.36. The zero-order valence-corrected chi connectivity index (χ0v) is 20.9. The molecule has 1 fully saturated rings. The molecule has 1 aromatic heterocycles. The largest absolute Gasteiger partial charge is 0.361 e. The molecule has 166 valence electrons. The Hall–Kier alpha value is -2.13. The van der Waals surface area contributed by atoms with Crippen LogP contribution in [0.2, 0.25) is 0 Å². The Morgan fingerprint density at radius 2 is 1.81 bits per heavy atom. The van der Waals surface area contributed by atoms with Crippen LogP contribution < -0.4 is 5.32 Å². The van der Waals surface area contributed by atoms with Crippen LogP contribution in [-0.4, -0.2) is 60.7 Å². The van der Waals surface area contributed by atoms with Gasteiger partial charge in [0.15, 0.2) is 5.96 Å². The van der Waals surface area contributed by atoms with Gasteiger partial charge in [-0.3, -0.25) is 9.89 Å². The van der Waals surface area contributed by atoms with E-state index in [1.165, 1.54) is 21.9 Å². The summed E-state index contributed by atoms with van der Waals surface area (Å²) in [5.74, 6) is 1.89. The van der Waals surface area contributed by atoms with Gasteiger partial charge >= 0.3 is 0 Å². The van der Waals surface area contributed by atoms with E-state index in [2.05, 4.69) is 67.7 Å². The lowest BCUT2D eigenvalue weighted by molar-refractivity contribution is 0.173. The highest BCUT2D eigenvalue weighted by Crippen LogP contribution is 2.20. The molecule has 0 bridgehead atoms. The second-order valence-corrected chi connectivity index (χ2v) is 7.93. The molecule has 0 unspecified atom stereocenters. The van der Waals surface area contributed by atoms with Crippen LogP contribution >= 0.6 is 24.0 Å². The number of nitrogens with one attached hydrogen (secondary N) is 1. The Morgan fingerprint density at radius 3 is 2.52 bits per heavy atom. The number of aryl methyl sites for hydroxylation is 2. The van der Waals surface area contributed by atoms with E-state index in [1.807, 2.05) is 20.9 Å². The van der Waals surface area contributed by atoms with Crippen molar-refractivity contribution in [3.05, 3.63) is 65.0 Å². The van der Waals surface area contributed by atoms with Crippen molar-refractivity contribution >= 4 is 40.7 Å². The fourth-order valence-corrected chi connectivity index (χ4v) is 4.28. The standard InChI is InChI=1S/C24H31N5O.HI/c1-18-22(19(2)30-27-18)11-12-26-24(25-3)29-15-13-28(14-16-29)17-21-9-6-8-20-7-4-5-10-23(20)21;/h4-10H,11-17H2,1-3H3,(H,25,26);1H. The SMILES string of the molecule is CN=C(NCCc1c(C)noc1C)N1CCN(Cc2cccc3ccccc23)CC1.I. The first-order valence-corrected chi connectivity index (χ1v) is 10.7. The van der Waals surface area contributed by atoms with Crippen molar-refractivity contribution < 1.29 is 4.52 Å². The summed E-state index contributed by atoms with van der Waals surface area (Å²) in [4.78, 5) is 9.39. The number of aromatic nitrogens is 1. The summed E-state index contributed by atoms with van der Waals surface area (Å²) in [5, 5.41) is 10.2. The van der Waals surface area contributed by atoms with Gasteiger partial charge in [0.1, 0.15) is 5.76 Å². The van der Waals surface area contributed by atoms with Gasteiger partial charge in [0.2, 0.25) is 0 Å². The molecule has 0 radical (unpaired) electrons. The maximum Gasteiger partial charge on any atom is 0.193 e. The van der Waals surface area contributed by atoms with Crippen LogP contribution in [0.3, 0.4) is 0 Å². The van der Waals surface area contributed by atoms with E-state index in [-0.39, 0.29) is 24.0 Å². The van der Waals surface area contributed by atoms with Gasteiger partial charge in [-0.25, -0.2) is 0 Å². The third-order valence-corrected chi connectivity index (χ3v) is 6.00.